The van der Waals surface area contributed by atoms with Gasteiger partial charge in [-0.05, 0) is 41.8 Å². The van der Waals surface area contributed by atoms with Gasteiger partial charge < -0.3 is 14.5 Å². The van der Waals surface area contributed by atoms with Crippen molar-refractivity contribution in [3.05, 3.63) is 65.9 Å². The first-order valence-corrected chi connectivity index (χ1v) is 7.29. The summed E-state index contributed by atoms with van der Waals surface area (Å²) in [6.45, 7) is 1.31. The molecule has 3 aromatic rings. The molecule has 0 amide bonds. The fourth-order valence-electron chi connectivity index (χ4n) is 2.91. The molecule has 1 aliphatic heterocycles. The van der Waals surface area contributed by atoms with E-state index in [2.05, 4.69) is 41.4 Å². The maximum Gasteiger partial charge on any atom is 0.120 e. The second kappa shape index (κ2) is 5.26. The SMILES string of the molecule is c1ccc2c(c1)CCOC2COc1ccc2[nH]ccc2c1. The zero-order valence-corrected chi connectivity index (χ0v) is 11.7. The molecule has 21 heavy (non-hydrogen) atoms. The van der Waals surface area contributed by atoms with E-state index in [0.717, 1.165) is 29.7 Å². The highest BCUT2D eigenvalue weighted by molar-refractivity contribution is 5.80. The average Bonchev–Trinajstić information content (AvgIpc) is 3.00. The summed E-state index contributed by atoms with van der Waals surface area (Å²) >= 11 is 0. The van der Waals surface area contributed by atoms with Crippen molar-refractivity contribution in [3.63, 3.8) is 0 Å². The number of hydrogen-bond donors (Lipinski definition) is 1. The van der Waals surface area contributed by atoms with Crippen LogP contribution >= 0.6 is 0 Å². The Kier molecular flexibility index (Phi) is 3.13. The van der Waals surface area contributed by atoms with Gasteiger partial charge in [-0.25, -0.2) is 0 Å². The van der Waals surface area contributed by atoms with E-state index in [0.29, 0.717) is 6.61 Å². The fourth-order valence-corrected chi connectivity index (χ4v) is 2.91. The molecule has 3 nitrogen and oxygen atoms in total. The lowest BCUT2D eigenvalue weighted by molar-refractivity contribution is 0.0102. The minimum absolute atomic E-state index is 0.0249. The van der Waals surface area contributed by atoms with E-state index in [-0.39, 0.29) is 6.10 Å². The molecule has 0 saturated carbocycles. The van der Waals surface area contributed by atoms with Gasteiger partial charge in [0, 0.05) is 17.1 Å². The molecule has 1 atom stereocenters. The summed E-state index contributed by atoms with van der Waals surface area (Å²) in [5, 5.41) is 1.16. The van der Waals surface area contributed by atoms with E-state index in [1.54, 1.807) is 0 Å². The van der Waals surface area contributed by atoms with E-state index in [4.69, 9.17) is 9.47 Å². The van der Waals surface area contributed by atoms with Crippen LogP contribution in [0.2, 0.25) is 0 Å². The number of rotatable bonds is 3. The van der Waals surface area contributed by atoms with Crippen LogP contribution in [0.4, 0.5) is 0 Å². The number of fused-ring (bicyclic) bond motifs is 2. The lowest BCUT2D eigenvalue weighted by Gasteiger charge is -2.26. The third-order valence-corrected chi connectivity index (χ3v) is 4.02. The van der Waals surface area contributed by atoms with Gasteiger partial charge in [-0.1, -0.05) is 24.3 Å². The van der Waals surface area contributed by atoms with Crippen LogP contribution in [-0.4, -0.2) is 18.2 Å². The van der Waals surface area contributed by atoms with Gasteiger partial charge in [-0.15, -0.1) is 0 Å². The van der Waals surface area contributed by atoms with Crippen molar-refractivity contribution in [2.75, 3.05) is 13.2 Å². The molecule has 1 aromatic heterocycles. The molecular formula is C18H17NO2. The van der Waals surface area contributed by atoms with Crippen molar-refractivity contribution >= 4 is 10.9 Å². The molecule has 1 unspecified atom stereocenters. The van der Waals surface area contributed by atoms with Gasteiger partial charge in [0.15, 0.2) is 0 Å². The van der Waals surface area contributed by atoms with Crippen molar-refractivity contribution < 1.29 is 9.47 Å². The number of ether oxygens (including phenoxy) is 2. The van der Waals surface area contributed by atoms with Crippen LogP contribution in [0, 0.1) is 0 Å². The van der Waals surface area contributed by atoms with Crippen molar-refractivity contribution in [3.8, 4) is 5.75 Å². The molecule has 106 valence electrons. The van der Waals surface area contributed by atoms with Gasteiger partial charge in [-0.2, -0.15) is 0 Å². The maximum atomic E-state index is 5.94. The number of nitrogens with one attached hydrogen (secondary N) is 1. The lowest BCUT2D eigenvalue weighted by Crippen LogP contribution is -2.21. The highest BCUT2D eigenvalue weighted by atomic mass is 16.5. The summed E-state index contributed by atoms with van der Waals surface area (Å²) < 4.78 is 11.8. The number of aromatic amines is 1. The molecule has 2 heterocycles. The number of benzene rings is 2. The van der Waals surface area contributed by atoms with Crippen molar-refractivity contribution in [2.24, 2.45) is 0 Å². The van der Waals surface area contributed by atoms with E-state index >= 15 is 0 Å². The van der Waals surface area contributed by atoms with Crippen LogP contribution < -0.4 is 4.74 Å². The molecule has 0 fully saturated rings. The quantitative estimate of drug-likeness (QED) is 0.790. The number of H-pyrrole nitrogens is 1. The molecule has 0 spiro atoms. The average molecular weight is 279 g/mol. The van der Waals surface area contributed by atoms with Crippen LogP contribution in [0.25, 0.3) is 10.9 Å². The van der Waals surface area contributed by atoms with Crippen LogP contribution in [0.15, 0.2) is 54.7 Å². The minimum atomic E-state index is 0.0249. The predicted molar refractivity (Wildman–Crippen MR) is 82.6 cm³/mol. The van der Waals surface area contributed by atoms with Crippen LogP contribution in [0.5, 0.6) is 5.75 Å². The van der Waals surface area contributed by atoms with Gasteiger partial charge in [0.2, 0.25) is 0 Å². The van der Waals surface area contributed by atoms with E-state index < -0.39 is 0 Å². The topological polar surface area (TPSA) is 34.2 Å². The Bertz CT molecular complexity index is 763. The summed E-state index contributed by atoms with van der Waals surface area (Å²) in [4.78, 5) is 3.19. The zero-order chi connectivity index (χ0) is 14.1. The summed E-state index contributed by atoms with van der Waals surface area (Å²) in [6.07, 6.45) is 2.95. The lowest BCUT2D eigenvalue weighted by atomic mass is 9.98. The molecule has 1 aliphatic rings. The maximum absolute atomic E-state index is 5.94. The second-order valence-corrected chi connectivity index (χ2v) is 5.35. The van der Waals surface area contributed by atoms with Crippen molar-refractivity contribution in [1.29, 1.82) is 0 Å². The standard InChI is InChI=1S/C18H17NO2/c1-2-4-16-13(3-1)8-10-20-18(16)12-21-15-5-6-17-14(11-15)7-9-19-17/h1-7,9,11,18-19H,8,10,12H2. The molecule has 4 rings (SSSR count). The Morgan fingerprint density at radius 1 is 1.14 bits per heavy atom. The third kappa shape index (κ3) is 2.41. The Morgan fingerprint density at radius 2 is 2.10 bits per heavy atom. The van der Waals surface area contributed by atoms with Gasteiger partial charge in [0.25, 0.3) is 0 Å². The van der Waals surface area contributed by atoms with Gasteiger partial charge in [-0.3, -0.25) is 0 Å². The molecule has 3 heteroatoms. The molecule has 2 aromatic carbocycles. The van der Waals surface area contributed by atoms with Crippen LogP contribution in [0.3, 0.4) is 0 Å². The first-order valence-electron chi connectivity index (χ1n) is 7.29. The van der Waals surface area contributed by atoms with Crippen molar-refractivity contribution in [2.45, 2.75) is 12.5 Å². The molecule has 0 saturated heterocycles. The Hall–Kier alpha value is -2.26. The van der Waals surface area contributed by atoms with E-state index in [1.165, 1.54) is 11.1 Å². The summed E-state index contributed by atoms with van der Waals surface area (Å²) in [5.74, 6) is 0.883. The predicted octanol–water partition coefficient (Wildman–Crippen LogP) is 3.86. The number of aromatic nitrogens is 1. The summed E-state index contributed by atoms with van der Waals surface area (Å²) in [7, 11) is 0. The molecule has 1 N–H and O–H groups in total. The van der Waals surface area contributed by atoms with Crippen LogP contribution in [0.1, 0.15) is 17.2 Å². The Morgan fingerprint density at radius 3 is 3.10 bits per heavy atom. The van der Waals surface area contributed by atoms with Crippen molar-refractivity contribution in [1.82, 2.24) is 4.98 Å². The summed E-state index contributed by atoms with van der Waals surface area (Å²) in [5.41, 5.74) is 3.76. The van der Waals surface area contributed by atoms with Gasteiger partial charge in [0.05, 0.1) is 6.61 Å². The molecular weight excluding hydrogens is 262 g/mol. The van der Waals surface area contributed by atoms with Gasteiger partial charge >= 0.3 is 0 Å². The highest BCUT2D eigenvalue weighted by Gasteiger charge is 2.20. The van der Waals surface area contributed by atoms with E-state index in [9.17, 15) is 0 Å². The van der Waals surface area contributed by atoms with Crippen LogP contribution in [-0.2, 0) is 11.2 Å². The highest BCUT2D eigenvalue weighted by Crippen LogP contribution is 2.28. The zero-order valence-electron chi connectivity index (χ0n) is 11.7. The van der Waals surface area contributed by atoms with E-state index in [1.807, 2.05) is 18.3 Å². The minimum Gasteiger partial charge on any atom is -0.490 e. The Labute approximate surface area is 123 Å². The second-order valence-electron chi connectivity index (χ2n) is 5.35. The smallest absolute Gasteiger partial charge is 0.120 e. The first kappa shape index (κ1) is 12.5. The number of hydrogen-bond acceptors (Lipinski definition) is 2. The Balaban J connectivity index is 1.52. The largest absolute Gasteiger partial charge is 0.490 e. The fraction of sp³-hybridized carbons (Fsp3) is 0.222. The first-order chi connectivity index (χ1) is 10.4. The summed E-state index contributed by atoms with van der Waals surface area (Å²) in [6, 6.07) is 16.6. The monoisotopic (exact) mass is 279 g/mol. The van der Waals surface area contributed by atoms with Gasteiger partial charge in [0.1, 0.15) is 18.5 Å². The normalized spacial score (nSPS) is 17.6. The molecule has 0 aliphatic carbocycles. The molecule has 0 bridgehead atoms. The molecule has 0 radical (unpaired) electrons. The third-order valence-electron chi connectivity index (χ3n) is 4.02.